The van der Waals surface area contributed by atoms with Gasteiger partial charge in [-0.3, -0.25) is 0 Å². The Labute approximate surface area is 127 Å². The van der Waals surface area contributed by atoms with E-state index in [-0.39, 0.29) is 0 Å². The van der Waals surface area contributed by atoms with Gasteiger partial charge >= 0.3 is 0 Å². The van der Waals surface area contributed by atoms with Crippen molar-refractivity contribution < 1.29 is 4.74 Å². The number of nitrogens with zero attached hydrogens (tertiary/aromatic N) is 3. The average Bonchev–Trinajstić information content (AvgIpc) is 3.23. The van der Waals surface area contributed by atoms with Gasteiger partial charge < -0.3 is 15.0 Å². The molecule has 1 aliphatic carbocycles. The van der Waals surface area contributed by atoms with E-state index < -0.39 is 0 Å². The van der Waals surface area contributed by atoms with Crippen LogP contribution in [-0.4, -0.2) is 42.8 Å². The number of rotatable bonds is 7. The predicted molar refractivity (Wildman–Crippen MR) is 85.0 cm³/mol. The monoisotopic (exact) mass is 290 g/mol. The van der Waals surface area contributed by atoms with Gasteiger partial charge in [0.1, 0.15) is 17.5 Å². The molecule has 116 valence electrons. The van der Waals surface area contributed by atoms with Crippen LogP contribution in [0.2, 0.25) is 0 Å². The van der Waals surface area contributed by atoms with Crippen molar-refractivity contribution in [1.29, 1.82) is 0 Å². The Morgan fingerprint density at radius 3 is 2.86 bits per heavy atom. The number of anilines is 2. The molecule has 2 fully saturated rings. The predicted octanol–water partition coefficient (Wildman–Crippen LogP) is 2.79. The van der Waals surface area contributed by atoms with Crippen LogP contribution in [0.1, 0.15) is 50.8 Å². The largest absolute Gasteiger partial charge is 0.376 e. The summed E-state index contributed by atoms with van der Waals surface area (Å²) >= 11 is 0. The van der Waals surface area contributed by atoms with Crippen molar-refractivity contribution in [2.24, 2.45) is 0 Å². The topological polar surface area (TPSA) is 50.3 Å². The Kier molecular flexibility index (Phi) is 4.58. The third-order valence-electron chi connectivity index (χ3n) is 4.12. The van der Waals surface area contributed by atoms with Crippen LogP contribution in [-0.2, 0) is 4.74 Å². The second kappa shape index (κ2) is 6.60. The lowest BCUT2D eigenvalue weighted by atomic mass is 10.2. The maximum Gasteiger partial charge on any atom is 0.136 e. The first kappa shape index (κ1) is 14.6. The summed E-state index contributed by atoms with van der Waals surface area (Å²) < 4.78 is 5.73. The zero-order chi connectivity index (χ0) is 14.7. The van der Waals surface area contributed by atoms with Gasteiger partial charge in [-0.2, -0.15) is 0 Å². The third-order valence-corrected chi connectivity index (χ3v) is 4.12. The van der Waals surface area contributed by atoms with Crippen LogP contribution in [0.5, 0.6) is 0 Å². The van der Waals surface area contributed by atoms with Crippen molar-refractivity contribution in [2.75, 3.05) is 37.0 Å². The van der Waals surface area contributed by atoms with Gasteiger partial charge in [0.25, 0.3) is 0 Å². The van der Waals surface area contributed by atoms with E-state index in [1.807, 2.05) is 0 Å². The van der Waals surface area contributed by atoms with Gasteiger partial charge in [0.15, 0.2) is 0 Å². The molecule has 1 saturated heterocycles. The quantitative estimate of drug-likeness (QED) is 0.837. The maximum absolute atomic E-state index is 5.73. The van der Waals surface area contributed by atoms with Crippen LogP contribution in [0.3, 0.4) is 0 Å². The summed E-state index contributed by atoms with van der Waals surface area (Å²) in [5.41, 5.74) is 0. The van der Waals surface area contributed by atoms with E-state index >= 15 is 0 Å². The highest BCUT2D eigenvalue weighted by molar-refractivity contribution is 5.49. The highest BCUT2D eigenvalue weighted by atomic mass is 16.5. The summed E-state index contributed by atoms with van der Waals surface area (Å²) in [5, 5.41) is 3.40. The summed E-state index contributed by atoms with van der Waals surface area (Å²) in [4.78, 5) is 11.6. The maximum atomic E-state index is 5.73. The molecule has 21 heavy (non-hydrogen) atoms. The summed E-state index contributed by atoms with van der Waals surface area (Å²) in [6.07, 6.45) is 6.24. The van der Waals surface area contributed by atoms with Crippen LogP contribution in [0, 0.1) is 0 Å². The molecular weight excluding hydrogens is 264 g/mol. The van der Waals surface area contributed by atoms with Crippen molar-refractivity contribution in [2.45, 2.75) is 51.0 Å². The molecule has 2 heterocycles. The number of ether oxygens (including phenoxy) is 1. The molecule has 1 aromatic rings. The number of aromatic nitrogens is 2. The lowest BCUT2D eigenvalue weighted by Crippen LogP contribution is -2.29. The molecule has 0 spiro atoms. The molecule has 0 bridgehead atoms. The minimum Gasteiger partial charge on any atom is -0.376 e. The van der Waals surface area contributed by atoms with E-state index in [2.05, 4.69) is 35.2 Å². The first-order chi connectivity index (χ1) is 10.3. The summed E-state index contributed by atoms with van der Waals surface area (Å²) in [6.45, 7) is 4.93. The molecule has 5 nitrogen and oxygen atoms in total. The normalized spacial score (nSPS) is 21.5. The molecule has 0 radical (unpaired) electrons. The van der Waals surface area contributed by atoms with Gasteiger partial charge in [0.2, 0.25) is 0 Å². The van der Waals surface area contributed by atoms with E-state index in [1.54, 1.807) is 0 Å². The Hall–Kier alpha value is -1.36. The highest BCUT2D eigenvalue weighted by Crippen LogP contribution is 2.39. The van der Waals surface area contributed by atoms with E-state index in [1.165, 1.54) is 19.3 Å². The fourth-order valence-corrected chi connectivity index (χ4v) is 2.70. The van der Waals surface area contributed by atoms with E-state index in [9.17, 15) is 0 Å². The van der Waals surface area contributed by atoms with Crippen molar-refractivity contribution in [3.8, 4) is 0 Å². The van der Waals surface area contributed by atoms with Crippen molar-refractivity contribution in [3.63, 3.8) is 0 Å². The SMILES string of the molecule is CCCNc1cc(N(C)CC2CCCO2)nc(C2CC2)n1. The summed E-state index contributed by atoms with van der Waals surface area (Å²) in [5.74, 6) is 3.55. The Balaban J connectivity index is 1.73. The van der Waals surface area contributed by atoms with E-state index in [4.69, 9.17) is 9.72 Å². The van der Waals surface area contributed by atoms with Gasteiger partial charge in [0, 0.05) is 38.7 Å². The number of hydrogen-bond acceptors (Lipinski definition) is 5. The average molecular weight is 290 g/mol. The van der Waals surface area contributed by atoms with Gasteiger partial charge in [-0.1, -0.05) is 6.92 Å². The van der Waals surface area contributed by atoms with Crippen LogP contribution >= 0.6 is 0 Å². The van der Waals surface area contributed by atoms with Crippen molar-refractivity contribution in [3.05, 3.63) is 11.9 Å². The zero-order valence-corrected chi connectivity index (χ0v) is 13.1. The Morgan fingerprint density at radius 1 is 1.33 bits per heavy atom. The van der Waals surface area contributed by atoms with Gasteiger partial charge in [-0.25, -0.2) is 9.97 Å². The molecule has 0 amide bonds. The minimum atomic E-state index is 0.349. The lowest BCUT2D eigenvalue weighted by Gasteiger charge is -2.22. The first-order valence-corrected chi connectivity index (χ1v) is 8.22. The number of likely N-dealkylation sites (N-methyl/N-ethyl adjacent to an activating group) is 1. The lowest BCUT2D eigenvalue weighted by molar-refractivity contribution is 0.116. The van der Waals surface area contributed by atoms with Crippen LogP contribution in [0.4, 0.5) is 11.6 Å². The minimum absolute atomic E-state index is 0.349. The fraction of sp³-hybridized carbons (Fsp3) is 0.750. The Bertz CT molecular complexity index is 469. The smallest absolute Gasteiger partial charge is 0.136 e. The van der Waals surface area contributed by atoms with Gasteiger partial charge in [-0.05, 0) is 32.1 Å². The summed E-state index contributed by atoms with van der Waals surface area (Å²) in [7, 11) is 2.10. The molecule has 5 heteroatoms. The molecule has 1 aliphatic heterocycles. The van der Waals surface area contributed by atoms with Crippen LogP contribution in [0.25, 0.3) is 0 Å². The highest BCUT2D eigenvalue weighted by Gasteiger charge is 2.28. The van der Waals surface area contributed by atoms with E-state index in [0.717, 1.165) is 50.0 Å². The number of hydrogen-bond donors (Lipinski definition) is 1. The molecule has 1 saturated carbocycles. The molecule has 0 aromatic carbocycles. The second-order valence-corrected chi connectivity index (χ2v) is 6.19. The number of nitrogens with one attached hydrogen (secondary N) is 1. The van der Waals surface area contributed by atoms with E-state index in [0.29, 0.717) is 12.0 Å². The van der Waals surface area contributed by atoms with Crippen molar-refractivity contribution in [1.82, 2.24) is 9.97 Å². The first-order valence-electron chi connectivity index (χ1n) is 8.22. The van der Waals surface area contributed by atoms with Gasteiger partial charge in [-0.15, -0.1) is 0 Å². The van der Waals surface area contributed by atoms with Crippen LogP contribution in [0.15, 0.2) is 6.07 Å². The Morgan fingerprint density at radius 2 is 2.19 bits per heavy atom. The molecule has 1 unspecified atom stereocenters. The van der Waals surface area contributed by atoms with Crippen LogP contribution < -0.4 is 10.2 Å². The fourth-order valence-electron chi connectivity index (χ4n) is 2.70. The molecular formula is C16H26N4O. The standard InChI is InChI=1S/C16H26N4O/c1-3-8-17-14-10-15(19-16(18-14)12-6-7-12)20(2)11-13-5-4-9-21-13/h10,12-13H,3-9,11H2,1-2H3,(H,17,18,19). The second-order valence-electron chi connectivity index (χ2n) is 6.19. The third kappa shape index (κ3) is 3.84. The molecule has 1 aromatic heterocycles. The van der Waals surface area contributed by atoms with Crippen molar-refractivity contribution >= 4 is 11.6 Å². The zero-order valence-electron chi connectivity index (χ0n) is 13.1. The molecule has 2 aliphatic rings. The van der Waals surface area contributed by atoms with Gasteiger partial charge in [0.05, 0.1) is 6.10 Å². The molecule has 1 atom stereocenters. The molecule has 3 rings (SSSR count). The summed E-state index contributed by atoms with van der Waals surface area (Å²) in [6, 6.07) is 2.07. The molecule has 1 N–H and O–H groups in total.